The zero-order chi connectivity index (χ0) is 9.26. The van der Waals surface area contributed by atoms with Gasteiger partial charge in [-0.2, -0.15) is 0 Å². The highest BCUT2D eigenvalue weighted by Crippen LogP contribution is 2.33. The second-order valence-corrected chi connectivity index (χ2v) is 4.08. The van der Waals surface area contributed by atoms with Gasteiger partial charge in [0.1, 0.15) is 12.1 Å². The minimum atomic E-state index is 0.120. The van der Waals surface area contributed by atoms with Gasteiger partial charge in [-0.05, 0) is 31.8 Å². The Morgan fingerprint density at radius 3 is 2.54 bits per heavy atom. The van der Waals surface area contributed by atoms with Crippen molar-refractivity contribution in [3.8, 4) is 0 Å². The number of aldehydes is 1. The molecular weight excluding hydrogens is 166 g/mol. The molecule has 0 aromatic carbocycles. The van der Waals surface area contributed by atoms with E-state index >= 15 is 0 Å². The van der Waals surface area contributed by atoms with E-state index in [4.69, 9.17) is 0 Å². The van der Waals surface area contributed by atoms with Crippen molar-refractivity contribution in [3.63, 3.8) is 0 Å². The van der Waals surface area contributed by atoms with Gasteiger partial charge < -0.3 is 9.69 Å². The maximum absolute atomic E-state index is 11.5. The molecular formula is C10H15NO2. The second-order valence-electron chi connectivity index (χ2n) is 4.08. The van der Waals surface area contributed by atoms with Crippen molar-refractivity contribution in [2.24, 2.45) is 11.8 Å². The average molecular weight is 181 g/mol. The first-order chi connectivity index (χ1) is 6.31. The lowest BCUT2D eigenvalue weighted by molar-refractivity contribution is -0.130. The lowest BCUT2D eigenvalue weighted by Gasteiger charge is -2.43. The number of Topliss-reactive ketones (excluding diaryl/α,β-unsaturated/α-hetero) is 1. The predicted octanol–water partition coefficient (Wildman–Crippen LogP) is 0.486. The number of hydrogen-bond acceptors (Lipinski definition) is 3. The second kappa shape index (κ2) is 3.58. The molecule has 0 spiro atoms. The van der Waals surface area contributed by atoms with Gasteiger partial charge >= 0.3 is 0 Å². The fraction of sp³-hybridized carbons (Fsp3) is 0.800. The molecule has 3 aliphatic rings. The van der Waals surface area contributed by atoms with Gasteiger partial charge in [-0.15, -0.1) is 0 Å². The third kappa shape index (κ3) is 1.66. The first-order valence-corrected chi connectivity index (χ1v) is 5.00. The van der Waals surface area contributed by atoms with Gasteiger partial charge in [0, 0.05) is 12.5 Å². The molecule has 13 heavy (non-hydrogen) atoms. The highest BCUT2D eigenvalue weighted by atomic mass is 16.1. The van der Waals surface area contributed by atoms with Crippen molar-refractivity contribution in [3.05, 3.63) is 0 Å². The van der Waals surface area contributed by atoms with Crippen LogP contribution >= 0.6 is 0 Å². The SMILES string of the molecule is O=CCC(=O)C1CN2CCC1CC2. The minimum Gasteiger partial charge on any atom is -0.303 e. The Labute approximate surface area is 78.1 Å². The lowest BCUT2D eigenvalue weighted by Crippen LogP contribution is -2.50. The molecule has 3 nitrogen and oxygen atoms in total. The van der Waals surface area contributed by atoms with Gasteiger partial charge in [-0.3, -0.25) is 4.79 Å². The Morgan fingerprint density at radius 1 is 1.38 bits per heavy atom. The molecule has 0 aromatic heterocycles. The summed E-state index contributed by atoms with van der Waals surface area (Å²) in [5.74, 6) is 0.884. The normalized spacial score (nSPS) is 37.4. The maximum Gasteiger partial charge on any atom is 0.144 e. The first kappa shape index (κ1) is 8.88. The molecule has 1 unspecified atom stereocenters. The number of nitrogens with zero attached hydrogens (tertiary/aromatic N) is 1. The molecule has 0 radical (unpaired) electrons. The van der Waals surface area contributed by atoms with E-state index in [1.165, 1.54) is 0 Å². The number of hydrogen-bond donors (Lipinski definition) is 0. The number of fused-ring (bicyclic) bond motifs is 3. The fourth-order valence-corrected chi connectivity index (χ4v) is 2.56. The number of rotatable bonds is 3. The van der Waals surface area contributed by atoms with E-state index in [9.17, 15) is 9.59 Å². The Hall–Kier alpha value is -0.700. The molecule has 3 rings (SSSR count). The Morgan fingerprint density at radius 2 is 2.08 bits per heavy atom. The number of ketones is 1. The molecule has 0 aromatic rings. The summed E-state index contributed by atoms with van der Waals surface area (Å²) < 4.78 is 0. The van der Waals surface area contributed by atoms with Crippen LogP contribution in [0.15, 0.2) is 0 Å². The minimum absolute atomic E-state index is 0.120. The van der Waals surface area contributed by atoms with Crippen LogP contribution in [0.4, 0.5) is 0 Å². The molecule has 3 saturated heterocycles. The van der Waals surface area contributed by atoms with Gasteiger partial charge in [-0.25, -0.2) is 0 Å². The smallest absolute Gasteiger partial charge is 0.144 e. The highest BCUT2D eigenvalue weighted by molar-refractivity contribution is 5.91. The first-order valence-electron chi connectivity index (χ1n) is 5.00. The summed E-state index contributed by atoms with van der Waals surface area (Å²) in [4.78, 5) is 24.1. The average Bonchev–Trinajstić information content (AvgIpc) is 2.20. The molecule has 0 saturated carbocycles. The van der Waals surface area contributed by atoms with Crippen molar-refractivity contribution in [2.45, 2.75) is 19.3 Å². The van der Waals surface area contributed by atoms with Gasteiger partial charge in [-0.1, -0.05) is 0 Å². The largest absolute Gasteiger partial charge is 0.303 e. The molecule has 2 bridgehead atoms. The third-order valence-corrected chi connectivity index (χ3v) is 3.35. The predicted molar refractivity (Wildman–Crippen MR) is 48.3 cm³/mol. The molecule has 3 aliphatic heterocycles. The van der Waals surface area contributed by atoms with E-state index < -0.39 is 0 Å². The summed E-state index contributed by atoms with van der Waals surface area (Å²) in [6, 6.07) is 0. The molecule has 0 N–H and O–H groups in total. The van der Waals surface area contributed by atoms with Crippen LogP contribution in [0.1, 0.15) is 19.3 Å². The summed E-state index contributed by atoms with van der Waals surface area (Å²) in [7, 11) is 0. The number of carbonyl (C=O) groups excluding carboxylic acids is 2. The monoisotopic (exact) mass is 181 g/mol. The van der Waals surface area contributed by atoms with Crippen molar-refractivity contribution >= 4 is 12.1 Å². The van der Waals surface area contributed by atoms with E-state index in [-0.39, 0.29) is 18.1 Å². The van der Waals surface area contributed by atoms with Crippen LogP contribution in [0.5, 0.6) is 0 Å². The molecule has 3 fully saturated rings. The summed E-state index contributed by atoms with van der Waals surface area (Å²) >= 11 is 0. The van der Waals surface area contributed by atoms with E-state index in [1.807, 2.05) is 0 Å². The van der Waals surface area contributed by atoms with Gasteiger partial charge in [0.15, 0.2) is 0 Å². The van der Waals surface area contributed by atoms with Crippen molar-refractivity contribution in [2.75, 3.05) is 19.6 Å². The number of carbonyl (C=O) groups is 2. The third-order valence-electron chi connectivity index (χ3n) is 3.35. The van der Waals surface area contributed by atoms with Crippen molar-refractivity contribution in [1.29, 1.82) is 0 Å². The molecule has 3 heteroatoms. The Bertz CT molecular complexity index is 219. The van der Waals surface area contributed by atoms with E-state index in [1.54, 1.807) is 0 Å². The van der Waals surface area contributed by atoms with Crippen LogP contribution in [-0.2, 0) is 9.59 Å². The fourth-order valence-electron chi connectivity index (χ4n) is 2.56. The number of piperidine rings is 3. The zero-order valence-electron chi connectivity index (χ0n) is 7.74. The van der Waals surface area contributed by atoms with Gasteiger partial charge in [0.2, 0.25) is 0 Å². The van der Waals surface area contributed by atoms with Gasteiger partial charge in [0.05, 0.1) is 6.42 Å². The van der Waals surface area contributed by atoms with E-state index in [0.29, 0.717) is 5.92 Å². The van der Waals surface area contributed by atoms with Crippen molar-refractivity contribution < 1.29 is 9.59 Å². The van der Waals surface area contributed by atoms with E-state index in [2.05, 4.69) is 4.90 Å². The van der Waals surface area contributed by atoms with Crippen LogP contribution < -0.4 is 0 Å². The summed E-state index contributed by atoms with van der Waals surface area (Å²) in [5.41, 5.74) is 0. The molecule has 0 aliphatic carbocycles. The van der Waals surface area contributed by atoms with E-state index in [0.717, 1.165) is 38.8 Å². The summed E-state index contributed by atoms with van der Waals surface area (Å²) in [6.45, 7) is 3.20. The molecule has 1 atom stereocenters. The quantitative estimate of drug-likeness (QED) is 0.469. The molecule has 3 heterocycles. The highest BCUT2D eigenvalue weighted by Gasteiger charge is 2.37. The standard InChI is InChI=1S/C10H15NO2/c12-6-3-10(13)9-7-11-4-1-8(9)2-5-11/h6,8-9H,1-5,7H2. The summed E-state index contributed by atoms with van der Waals surface area (Å²) in [5, 5.41) is 0. The Kier molecular flexibility index (Phi) is 2.44. The Balaban J connectivity index is 2.00. The summed E-state index contributed by atoms with van der Waals surface area (Å²) in [6.07, 6.45) is 3.15. The maximum atomic E-state index is 11.5. The van der Waals surface area contributed by atoms with Gasteiger partial charge in [0.25, 0.3) is 0 Å². The van der Waals surface area contributed by atoms with Crippen LogP contribution in [0.25, 0.3) is 0 Å². The molecule has 0 amide bonds. The van der Waals surface area contributed by atoms with Crippen LogP contribution in [0, 0.1) is 11.8 Å². The topological polar surface area (TPSA) is 37.4 Å². The molecule has 72 valence electrons. The van der Waals surface area contributed by atoms with Crippen LogP contribution in [-0.4, -0.2) is 36.6 Å². The van der Waals surface area contributed by atoms with Crippen molar-refractivity contribution in [1.82, 2.24) is 4.90 Å². The van der Waals surface area contributed by atoms with Crippen LogP contribution in [0.2, 0.25) is 0 Å². The lowest BCUT2D eigenvalue weighted by atomic mass is 9.76. The zero-order valence-corrected chi connectivity index (χ0v) is 7.74. The van der Waals surface area contributed by atoms with Crippen LogP contribution in [0.3, 0.4) is 0 Å².